The predicted octanol–water partition coefficient (Wildman–Crippen LogP) is 1.74. The zero-order chi connectivity index (χ0) is 10.6. The summed E-state index contributed by atoms with van der Waals surface area (Å²) in [4.78, 5) is 10.7. The molecule has 1 rings (SSSR count). The Labute approximate surface area is 89.5 Å². The highest BCUT2D eigenvalue weighted by molar-refractivity contribution is 7.80. The van der Waals surface area contributed by atoms with E-state index in [1.165, 1.54) is 0 Å². The molecule has 0 aliphatic rings. The Hall–Kier alpha value is -1.29. The van der Waals surface area contributed by atoms with Gasteiger partial charge in [-0.05, 0) is 19.1 Å². The largest absolute Gasteiger partial charge is 0.366 e. The van der Waals surface area contributed by atoms with Crippen molar-refractivity contribution in [1.82, 2.24) is 9.88 Å². The van der Waals surface area contributed by atoms with Crippen LogP contribution in [0.3, 0.4) is 0 Å². The van der Waals surface area contributed by atoms with Crippen molar-refractivity contribution < 1.29 is 0 Å². The van der Waals surface area contributed by atoms with Crippen molar-refractivity contribution in [3.8, 4) is 0 Å². The minimum atomic E-state index is 0.596. The van der Waals surface area contributed by atoms with Crippen LogP contribution in [0, 0.1) is 0 Å². The Morgan fingerprint density at radius 2 is 1.93 bits per heavy atom. The standard InChI is InChI=1S/C10H13N3S/c1-8(13(2)3)12-10(14)9-4-6-11-7-5-9/h4-7H,1-3H3. The normalized spacial score (nSPS) is 11.2. The molecule has 0 unspecified atom stereocenters. The van der Waals surface area contributed by atoms with Crippen LogP contribution in [-0.4, -0.2) is 34.8 Å². The van der Waals surface area contributed by atoms with Gasteiger partial charge in [-0.1, -0.05) is 12.2 Å². The predicted molar refractivity (Wildman–Crippen MR) is 62.7 cm³/mol. The summed E-state index contributed by atoms with van der Waals surface area (Å²) in [5.41, 5.74) is 0.927. The fraction of sp³-hybridized carbons (Fsp3) is 0.300. The van der Waals surface area contributed by atoms with Crippen LogP contribution in [0.1, 0.15) is 12.5 Å². The summed E-state index contributed by atoms with van der Waals surface area (Å²) in [5.74, 6) is 0.895. The SMILES string of the molecule is CC(=NC(=S)c1ccncc1)N(C)C. The lowest BCUT2D eigenvalue weighted by molar-refractivity contribution is 0.620. The van der Waals surface area contributed by atoms with E-state index in [2.05, 4.69) is 9.98 Å². The molecule has 14 heavy (non-hydrogen) atoms. The third kappa shape index (κ3) is 2.88. The fourth-order valence-electron chi connectivity index (χ4n) is 0.806. The van der Waals surface area contributed by atoms with Crippen LogP contribution in [0.15, 0.2) is 29.5 Å². The van der Waals surface area contributed by atoms with E-state index < -0.39 is 0 Å². The highest BCUT2D eigenvalue weighted by atomic mass is 32.1. The first-order valence-electron chi connectivity index (χ1n) is 4.28. The van der Waals surface area contributed by atoms with Crippen LogP contribution in [0.5, 0.6) is 0 Å². The van der Waals surface area contributed by atoms with Crippen LogP contribution in [0.4, 0.5) is 0 Å². The van der Waals surface area contributed by atoms with Gasteiger partial charge in [0.1, 0.15) is 10.8 Å². The number of rotatable bonds is 1. The van der Waals surface area contributed by atoms with Crippen molar-refractivity contribution in [2.45, 2.75) is 6.92 Å². The van der Waals surface area contributed by atoms with E-state index in [0.717, 1.165) is 11.4 Å². The minimum absolute atomic E-state index is 0.596. The Balaban J connectivity index is 2.83. The summed E-state index contributed by atoms with van der Waals surface area (Å²) in [6.07, 6.45) is 3.42. The Kier molecular flexibility index (Phi) is 3.71. The first kappa shape index (κ1) is 10.8. The maximum Gasteiger partial charge on any atom is 0.135 e. The van der Waals surface area contributed by atoms with Crippen LogP contribution >= 0.6 is 12.2 Å². The molecule has 0 aliphatic carbocycles. The first-order valence-corrected chi connectivity index (χ1v) is 4.69. The van der Waals surface area contributed by atoms with Crippen molar-refractivity contribution in [3.63, 3.8) is 0 Å². The zero-order valence-corrected chi connectivity index (χ0v) is 9.38. The number of hydrogen-bond donors (Lipinski definition) is 0. The van der Waals surface area contributed by atoms with Gasteiger partial charge in [0.25, 0.3) is 0 Å². The Morgan fingerprint density at radius 3 is 2.43 bits per heavy atom. The topological polar surface area (TPSA) is 28.5 Å². The fourth-order valence-corrected chi connectivity index (χ4v) is 1.07. The van der Waals surface area contributed by atoms with E-state index in [1.54, 1.807) is 12.4 Å². The highest BCUT2D eigenvalue weighted by Crippen LogP contribution is 2.01. The number of aliphatic imine (C=N–C) groups is 1. The Bertz CT molecular complexity index is 344. The number of aromatic nitrogens is 1. The number of thiocarbonyl (C=S) groups is 1. The van der Waals surface area contributed by atoms with Gasteiger partial charge >= 0.3 is 0 Å². The van der Waals surface area contributed by atoms with Crippen molar-refractivity contribution in [2.24, 2.45) is 4.99 Å². The second-order valence-corrected chi connectivity index (χ2v) is 3.48. The molecule has 0 aromatic carbocycles. The molecule has 0 fully saturated rings. The average Bonchev–Trinajstić information content (AvgIpc) is 2.19. The average molecular weight is 207 g/mol. The molecule has 0 amide bonds. The summed E-state index contributed by atoms with van der Waals surface area (Å²) in [6.45, 7) is 1.92. The lowest BCUT2D eigenvalue weighted by Crippen LogP contribution is -2.19. The summed E-state index contributed by atoms with van der Waals surface area (Å²) in [5, 5.41) is 0. The Morgan fingerprint density at radius 1 is 1.36 bits per heavy atom. The zero-order valence-electron chi connectivity index (χ0n) is 8.56. The van der Waals surface area contributed by atoms with E-state index in [0.29, 0.717) is 4.99 Å². The van der Waals surface area contributed by atoms with Gasteiger partial charge in [0.15, 0.2) is 0 Å². The molecule has 0 spiro atoms. The van der Waals surface area contributed by atoms with Gasteiger partial charge in [-0.3, -0.25) is 4.98 Å². The molecule has 0 saturated carbocycles. The van der Waals surface area contributed by atoms with Crippen LogP contribution in [-0.2, 0) is 0 Å². The van der Waals surface area contributed by atoms with E-state index in [9.17, 15) is 0 Å². The van der Waals surface area contributed by atoms with Gasteiger partial charge in [-0.15, -0.1) is 0 Å². The van der Waals surface area contributed by atoms with Crippen LogP contribution in [0.25, 0.3) is 0 Å². The highest BCUT2D eigenvalue weighted by Gasteiger charge is 2.00. The molecule has 1 heterocycles. The molecule has 0 atom stereocenters. The van der Waals surface area contributed by atoms with Gasteiger partial charge in [-0.25, -0.2) is 4.99 Å². The molecule has 4 heteroatoms. The lowest BCUT2D eigenvalue weighted by atomic mass is 10.3. The van der Waals surface area contributed by atoms with Gasteiger partial charge in [-0.2, -0.15) is 0 Å². The molecule has 1 aromatic heterocycles. The van der Waals surface area contributed by atoms with E-state index in [-0.39, 0.29) is 0 Å². The molecule has 74 valence electrons. The molecular weight excluding hydrogens is 194 g/mol. The molecule has 0 saturated heterocycles. The van der Waals surface area contributed by atoms with Crippen molar-refractivity contribution >= 4 is 23.0 Å². The summed E-state index contributed by atoms with van der Waals surface area (Å²) < 4.78 is 0. The van der Waals surface area contributed by atoms with Crippen molar-refractivity contribution in [1.29, 1.82) is 0 Å². The van der Waals surface area contributed by atoms with Crippen molar-refractivity contribution in [2.75, 3.05) is 14.1 Å². The molecular formula is C10H13N3S. The number of hydrogen-bond acceptors (Lipinski definition) is 2. The van der Waals surface area contributed by atoms with Gasteiger partial charge in [0.05, 0.1) is 0 Å². The summed E-state index contributed by atoms with van der Waals surface area (Å²) >= 11 is 5.17. The number of pyridine rings is 1. The van der Waals surface area contributed by atoms with E-state index >= 15 is 0 Å². The van der Waals surface area contributed by atoms with E-state index in [1.807, 2.05) is 38.1 Å². The first-order chi connectivity index (χ1) is 6.61. The molecule has 0 radical (unpaired) electrons. The number of amidine groups is 1. The lowest BCUT2D eigenvalue weighted by Gasteiger charge is -2.10. The number of nitrogens with zero attached hydrogens (tertiary/aromatic N) is 3. The van der Waals surface area contributed by atoms with Gasteiger partial charge in [0, 0.05) is 32.1 Å². The van der Waals surface area contributed by atoms with Crippen molar-refractivity contribution in [3.05, 3.63) is 30.1 Å². The molecule has 0 bridgehead atoms. The molecule has 0 aliphatic heterocycles. The molecule has 0 N–H and O–H groups in total. The van der Waals surface area contributed by atoms with Crippen LogP contribution < -0.4 is 0 Å². The summed E-state index contributed by atoms with van der Waals surface area (Å²) in [6, 6.07) is 3.71. The third-order valence-corrected chi connectivity index (χ3v) is 2.16. The third-order valence-electron chi connectivity index (χ3n) is 1.84. The minimum Gasteiger partial charge on any atom is -0.366 e. The smallest absolute Gasteiger partial charge is 0.135 e. The van der Waals surface area contributed by atoms with Crippen LogP contribution in [0.2, 0.25) is 0 Å². The molecule has 1 aromatic rings. The van der Waals surface area contributed by atoms with Gasteiger partial charge in [0.2, 0.25) is 0 Å². The second kappa shape index (κ2) is 4.81. The van der Waals surface area contributed by atoms with E-state index in [4.69, 9.17) is 12.2 Å². The summed E-state index contributed by atoms with van der Waals surface area (Å²) in [7, 11) is 3.88. The van der Waals surface area contributed by atoms with Gasteiger partial charge < -0.3 is 4.90 Å². The molecule has 3 nitrogen and oxygen atoms in total. The maximum atomic E-state index is 5.17. The maximum absolute atomic E-state index is 5.17. The monoisotopic (exact) mass is 207 g/mol. The quantitative estimate of drug-likeness (QED) is 0.399. The second-order valence-electron chi connectivity index (χ2n) is 3.09.